The second-order valence-corrected chi connectivity index (χ2v) is 6.68. The summed E-state index contributed by atoms with van der Waals surface area (Å²) >= 11 is 0. The quantitative estimate of drug-likeness (QED) is 0.673. The molecule has 2 N–H and O–H groups in total. The van der Waals surface area contributed by atoms with Crippen LogP contribution in [-0.4, -0.2) is 26.2 Å². The first-order chi connectivity index (χ1) is 9.74. The first kappa shape index (κ1) is 15.6. The summed E-state index contributed by atoms with van der Waals surface area (Å²) in [6.45, 7) is 8.15. The van der Waals surface area contributed by atoms with Crippen molar-refractivity contribution in [3.8, 4) is 0 Å². The molecule has 1 aliphatic rings. The van der Waals surface area contributed by atoms with Crippen LogP contribution in [-0.2, 0) is 4.74 Å². The van der Waals surface area contributed by atoms with Crippen LogP contribution in [0.3, 0.4) is 0 Å². The van der Waals surface area contributed by atoms with Gasteiger partial charge in [-0.2, -0.15) is 0 Å². The van der Waals surface area contributed by atoms with E-state index in [0.29, 0.717) is 11.6 Å². The summed E-state index contributed by atoms with van der Waals surface area (Å²) in [5.41, 5.74) is 6.64. The lowest BCUT2D eigenvalue weighted by molar-refractivity contribution is 0.0602. The van der Waals surface area contributed by atoms with Crippen LogP contribution in [0.15, 0.2) is 12.1 Å². The SMILES string of the molecule is COC(=O)c1cc(N2CCC(C(C)(C)C)C2)c(F)cc1N. The zero-order valence-corrected chi connectivity index (χ0v) is 13.1. The maximum atomic E-state index is 14.2. The van der Waals surface area contributed by atoms with E-state index in [2.05, 4.69) is 20.8 Å². The van der Waals surface area contributed by atoms with Gasteiger partial charge in [-0.15, -0.1) is 0 Å². The standard InChI is InChI=1S/C16H23FN2O2/c1-16(2,3)10-5-6-19(9-10)14-7-11(15(20)21-4)13(18)8-12(14)17/h7-8,10H,5-6,9,18H2,1-4H3. The molecule has 1 aromatic carbocycles. The Morgan fingerprint density at radius 3 is 2.62 bits per heavy atom. The van der Waals surface area contributed by atoms with Gasteiger partial charge < -0.3 is 15.4 Å². The van der Waals surface area contributed by atoms with Crippen molar-refractivity contribution >= 4 is 17.3 Å². The van der Waals surface area contributed by atoms with E-state index in [1.165, 1.54) is 19.2 Å². The predicted molar refractivity (Wildman–Crippen MR) is 81.9 cm³/mol. The highest BCUT2D eigenvalue weighted by Gasteiger charge is 2.33. The van der Waals surface area contributed by atoms with Gasteiger partial charge in [0, 0.05) is 18.8 Å². The highest BCUT2D eigenvalue weighted by atomic mass is 19.1. The van der Waals surface area contributed by atoms with Gasteiger partial charge in [-0.05, 0) is 29.9 Å². The highest BCUT2D eigenvalue weighted by Crippen LogP contribution is 2.37. The third-order valence-electron chi connectivity index (χ3n) is 4.28. The number of carbonyl (C=O) groups excluding carboxylic acids is 1. The minimum absolute atomic E-state index is 0.106. The fraction of sp³-hybridized carbons (Fsp3) is 0.562. The number of ether oxygens (including phenoxy) is 1. The fourth-order valence-electron chi connectivity index (χ4n) is 2.79. The van der Waals surface area contributed by atoms with Crippen LogP contribution >= 0.6 is 0 Å². The molecule has 4 nitrogen and oxygen atoms in total. The summed E-state index contributed by atoms with van der Waals surface area (Å²) in [6.07, 6.45) is 1.01. The Bertz CT molecular complexity index is 552. The first-order valence-electron chi connectivity index (χ1n) is 7.16. The zero-order valence-electron chi connectivity index (χ0n) is 13.1. The van der Waals surface area contributed by atoms with Crippen LogP contribution in [0.5, 0.6) is 0 Å². The number of hydrogen-bond acceptors (Lipinski definition) is 4. The Morgan fingerprint density at radius 2 is 2.10 bits per heavy atom. The number of nitrogens with zero attached hydrogens (tertiary/aromatic N) is 1. The van der Waals surface area contributed by atoms with E-state index in [-0.39, 0.29) is 16.7 Å². The van der Waals surface area contributed by atoms with Crippen LogP contribution in [0.25, 0.3) is 0 Å². The van der Waals surface area contributed by atoms with Gasteiger partial charge in [0.15, 0.2) is 0 Å². The molecule has 0 spiro atoms. The van der Waals surface area contributed by atoms with Crippen molar-refractivity contribution in [1.29, 1.82) is 0 Å². The number of halogens is 1. The molecule has 1 aliphatic heterocycles. The third kappa shape index (κ3) is 3.12. The molecule has 0 amide bonds. The average Bonchev–Trinajstić information content (AvgIpc) is 2.87. The molecule has 5 heteroatoms. The van der Waals surface area contributed by atoms with Crippen LogP contribution in [0.4, 0.5) is 15.8 Å². The molecule has 1 heterocycles. The lowest BCUT2D eigenvalue weighted by Gasteiger charge is -2.27. The summed E-state index contributed by atoms with van der Waals surface area (Å²) in [6, 6.07) is 2.70. The maximum Gasteiger partial charge on any atom is 0.340 e. The number of anilines is 2. The Balaban J connectivity index is 2.31. The monoisotopic (exact) mass is 294 g/mol. The number of hydrogen-bond donors (Lipinski definition) is 1. The van der Waals surface area contributed by atoms with E-state index < -0.39 is 11.8 Å². The second kappa shape index (κ2) is 5.54. The van der Waals surface area contributed by atoms with Crippen molar-refractivity contribution in [2.45, 2.75) is 27.2 Å². The number of carbonyl (C=O) groups is 1. The molecule has 0 radical (unpaired) electrons. The van der Waals surface area contributed by atoms with E-state index in [4.69, 9.17) is 10.5 Å². The molecule has 21 heavy (non-hydrogen) atoms. The zero-order chi connectivity index (χ0) is 15.8. The molecule has 0 saturated carbocycles. The Hall–Kier alpha value is -1.78. The van der Waals surface area contributed by atoms with Gasteiger partial charge >= 0.3 is 5.97 Å². The van der Waals surface area contributed by atoms with Crippen molar-refractivity contribution in [1.82, 2.24) is 0 Å². The Morgan fingerprint density at radius 1 is 1.43 bits per heavy atom. The largest absolute Gasteiger partial charge is 0.465 e. The number of methoxy groups -OCH3 is 1. The molecule has 116 valence electrons. The molecule has 1 saturated heterocycles. The van der Waals surface area contributed by atoms with Gasteiger partial charge in [-0.1, -0.05) is 20.8 Å². The molecular weight excluding hydrogens is 271 g/mol. The number of benzene rings is 1. The summed E-state index contributed by atoms with van der Waals surface area (Å²) < 4.78 is 18.9. The lowest BCUT2D eigenvalue weighted by atomic mass is 9.80. The van der Waals surface area contributed by atoms with E-state index >= 15 is 0 Å². The molecule has 0 aliphatic carbocycles. The normalized spacial score (nSPS) is 18.9. The van der Waals surface area contributed by atoms with Crippen LogP contribution < -0.4 is 10.6 Å². The van der Waals surface area contributed by atoms with Gasteiger partial charge in [0.05, 0.1) is 18.4 Å². The minimum atomic E-state index is -0.541. The van der Waals surface area contributed by atoms with Gasteiger partial charge in [-0.3, -0.25) is 0 Å². The van der Waals surface area contributed by atoms with Gasteiger partial charge in [0.25, 0.3) is 0 Å². The van der Waals surface area contributed by atoms with Gasteiger partial charge in [0.1, 0.15) is 5.82 Å². The molecule has 1 atom stereocenters. The van der Waals surface area contributed by atoms with Gasteiger partial charge in [-0.25, -0.2) is 9.18 Å². The first-order valence-corrected chi connectivity index (χ1v) is 7.16. The summed E-state index contributed by atoms with van der Waals surface area (Å²) in [7, 11) is 1.29. The van der Waals surface area contributed by atoms with Crippen molar-refractivity contribution in [3.05, 3.63) is 23.5 Å². The van der Waals surface area contributed by atoms with Crippen molar-refractivity contribution in [3.63, 3.8) is 0 Å². The van der Waals surface area contributed by atoms with Gasteiger partial charge in [0.2, 0.25) is 0 Å². The number of nitrogen functional groups attached to an aromatic ring is 1. The molecular formula is C16H23FN2O2. The van der Waals surface area contributed by atoms with Crippen LogP contribution in [0, 0.1) is 17.2 Å². The van der Waals surface area contributed by atoms with Crippen molar-refractivity contribution in [2.24, 2.45) is 11.3 Å². The van der Waals surface area contributed by atoms with E-state index in [0.717, 1.165) is 19.5 Å². The maximum absolute atomic E-state index is 14.2. The molecule has 0 aromatic heterocycles. The van der Waals surface area contributed by atoms with E-state index in [9.17, 15) is 9.18 Å². The Kier molecular flexibility index (Phi) is 4.12. The predicted octanol–water partition coefficient (Wildman–Crippen LogP) is 3.07. The van der Waals surface area contributed by atoms with E-state index in [1.54, 1.807) is 0 Å². The number of nitrogens with two attached hydrogens (primary N) is 1. The molecule has 1 fully saturated rings. The summed E-state index contributed by atoms with van der Waals surface area (Å²) in [5.74, 6) is -0.439. The average molecular weight is 294 g/mol. The molecule has 1 aromatic rings. The fourth-order valence-corrected chi connectivity index (χ4v) is 2.79. The lowest BCUT2D eigenvalue weighted by Crippen LogP contribution is -2.26. The number of esters is 1. The summed E-state index contributed by atoms with van der Waals surface area (Å²) in [4.78, 5) is 13.7. The van der Waals surface area contributed by atoms with Crippen LogP contribution in [0.1, 0.15) is 37.6 Å². The second-order valence-electron chi connectivity index (χ2n) is 6.68. The van der Waals surface area contributed by atoms with Crippen molar-refractivity contribution < 1.29 is 13.9 Å². The topological polar surface area (TPSA) is 55.6 Å². The molecule has 2 rings (SSSR count). The van der Waals surface area contributed by atoms with E-state index in [1.807, 2.05) is 4.90 Å². The number of rotatable bonds is 2. The van der Waals surface area contributed by atoms with Crippen LogP contribution in [0.2, 0.25) is 0 Å². The Labute approximate surface area is 125 Å². The third-order valence-corrected chi connectivity index (χ3v) is 4.28. The minimum Gasteiger partial charge on any atom is -0.465 e. The van der Waals surface area contributed by atoms with Crippen molar-refractivity contribution in [2.75, 3.05) is 30.8 Å². The highest BCUT2D eigenvalue weighted by molar-refractivity contribution is 5.96. The summed E-state index contributed by atoms with van der Waals surface area (Å²) in [5, 5.41) is 0. The smallest absolute Gasteiger partial charge is 0.340 e. The molecule has 1 unspecified atom stereocenters. The molecule has 0 bridgehead atoms.